The summed E-state index contributed by atoms with van der Waals surface area (Å²) in [7, 11) is 3.32. The molecule has 0 spiro atoms. The van der Waals surface area contributed by atoms with Crippen LogP contribution in [0.4, 0.5) is 0 Å². The van der Waals surface area contributed by atoms with E-state index in [1.165, 1.54) is 11.1 Å². The van der Waals surface area contributed by atoms with Crippen molar-refractivity contribution in [3.63, 3.8) is 0 Å². The van der Waals surface area contributed by atoms with Crippen LogP contribution in [0.1, 0.15) is 22.3 Å². The van der Waals surface area contributed by atoms with E-state index in [2.05, 4.69) is 41.8 Å². The summed E-state index contributed by atoms with van der Waals surface area (Å²) in [4.78, 5) is 4.75. The van der Waals surface area contributed by atoms with Crippen LogP contribution in [0.25, 0.3) is 0 Å². The van der Waals surface area contributed by atoms with Gasteiger partial charge >= 0.3 is 0 Å². The van der Waals surface area contributed by atoms with Crippen LogP contribution in [-0.4, -0.2) is 74.6 Å². The number of methoxy groups -OCH3 is 2. The van der Waals surface area contributed by atoms with Crippen LogP contribution >= 0.6 is 0 Å². The van der Waals surface area contributed by atoms with Gasteiger partial charge in [0.1, 0.15) is 18.5 Å². The molecule has 1 heterocycles. The van der Waals surface area contributed by atoms with Crippen molar-refractivity contribution in [1.82, 2.24) is 9.80 Å². The van der Waals surface area contributed by atoms with Crippen molar-refractivity contribution in [3.8, 4) is 17.2 Å². The molecule has 1 fully saturated rings. The largest absolute Gasteiger partial charge is 0.493 e. The standard InChI is InChI=1S/C25H36N2O4/c1-18-6-7-19(2)25(20(18)3)31-17-22(28)16-27-12-10-26(11-13-27)15-21-8-9-23(29-4)24(14-21)30-5/h6-9,14,22,28H,10-13,15-17H2,1-5H3. The highest BCUT2D eigenvalue weighted by atomic mass is 16.5. The first-order chi connectivity index (χ1) is 14.9. The van der Waals surface area contributed by atoms with Gasteiger partial charge in [-0.15, -0.1) is 0 Å². The average Bonchev–Trinajstić information content (AvgIpc) is 2.77. The molecule has 1 saturated heterocycles. The molecule has 0 radical (unpaired) electrons. The number of piperazine rings is 1. The van der Waals surface area contributed by atoms with Gasteiger partial charge in [0.2, 0.25) is 0 Å². The highest BCUT2D eigenvalue weighted by Gasteiger charge is 2.20. The van der Waals surface area contributed by atoms with Crippen molar-refractivity contribution >= 4 is 0 Å². The summed E-state index contributed by atoms with van der Waals surface area (Å²) in [5.74, 6) is 2.42. The summed E-state index contributed by atoms with van der Waals surface area (Å²) in [6, 6.07) is 10.3. The van der Waals surface area contributed by atoms with Gasteiger partial charge in [-0.25, -0.2) is 0 Å². The van der Waals surface area contributed by atoms with Gasteiger partial charge < -0.3 is 19.3 Å². The second-order valence-electron chi connectivity index (χ2n) is 8.38. The molecule has 0 bridgehead atoms. The smallest absolute Gasteiger partial charge is 0.161 e. The molecule has 0 aromatic heterocycles. The van der Waals surface area contributed by atoms with E-state index >= 15 is 0 Å². The van der Waals surface area contributed by atoms with Crippen LogP contribution in [-0.2, 0) is 6.54 Å². The first-order valence-corrected chi connectivity index (χ1v) is 10.9. The number of hydrogen-bond donors (Lipinski definition) is 1. The van der Waals surface area contributed by atoms with E-state index in [0.717, 1.165) is 61.1 Å². The van der Waals surface area contributed by atoms with Gasteiger partial charge in [-0.1, -0.05) is 18.2 Å². The summed E-state index contributed by atoms with van der Waals surface area (Å²) in [6.07, 6.45) is -0.503. The summed E-state index contributed by atoms with van der Waals surface area (Å²) in [5.41, 5.74) is 4.68. The molecule has 0 amide bonds. The fourth-order valence-electron chi connectivity index (χ4n) is 4.05. The Morgan fingerprint density at radius 3 is 2.19 bits per heavy atom. The summed E-state index contributed by atoms with van der Waals surface area (Å²) < 4.78 is 16.7. The molecule has 2 aromatic rings. The number of aryl methyl sites for hydroxylation is 2. The Morgan fingerprint density at radius 2 is 1.52 bits per heavy atom. The van der Waals surface area contributed by atoms with Gasteiger partial charge in [-0.05, 0) is 55.2 Å². The van der Waals surface area contributed by atoms with Crippen LogP contribution in [0, 0.1) is 20.8 Å². The predicted molar refractivity (Wildman–Crippen MR) is 123 cm³/mol. The van der Waals surface area contributed by atoms with E-state index in [1.54, 1.807) is 14.2 Å². The van der Waals surface area contributed by atoms with E-state index in [0.29, 0.717) is 13.2 Å². The molecule has 1 aliphatic heterocycles. The van der Waals surface area contributed by atoms with Crippen LogP contribution < -0.4 is 14.2 Å². The number of ether oxygens (including phenoxy) is 3. The van der Waals surface area contributed by atoms with Gasteiger partial charge in [-0.2, -0.15) is 0 Å². The molecular weight excluding hydrogens is 392 g/mol. The number of nitrogens with zero attached hydrogens (tertiary/aromatic N) is 2. The van der Waals surface area contributed by atoms with E-state index in [9.17, 15) is 5.11 Å². The zero-order chi connectivity index (χ0) is 22.4. The van der Waals surface area contributed by atoms with Gasteiger partial charge in [0, 0.05) is 39.3 Å². The molecule has 3 rings (SSSR count). The Balaban J connectivity index is 1.44. The molecule has 31 heavy (non-hydrogen) atoms. The van der Waals surface area contributed by atoms with E-state index in [-0.39, 0.29) is 0 Å². The average molecular weight is 429 g/mol. The number of aliphatic hydroxyl groups excluding tert-OH is 1. The number of rotatable bonds is 9. The van der Waals surface area contributed by atoms with Crippen molar-refractivity contribution in [1.29, 1.82) is 0 Å². The zero-order valence-electron chi connectivity index (χ0n) is 19.5. The molecule has 1 aliphatic rings. The summed E-state index contributed by atoms with van der Waals surface area (Å²) in [5, 5.41) is 10.5. The van der Waals surface area contributed by atoms with Crippen molar-refractivity contribution in [3.05, 3.63) is 52.6 Å². The number of aliphatic hydroxyl groups is 1. The Bertz CT molecular complexity index is 863. The summed E-state index contributed by atoms with van der Waals surface area (Å²) in [6.45, 7) is 11.8. The Hall–Kier alpha value is -2.28. The molecule has 1 unspecified atom stereocenters. The van der Waals surface area contributed by atoms with Gasteiger partial charge in [0.15, 0.2) is 11.5 Å². The van der Waals surface area contributed by atoms with E-state index < -0.39 is 6.10 Å². The summed E-state index contributed by atoms with van der Waals surface area (Å²) >= 11 is 0. The molecule has 1 N–H and O–H groups in total. The Labute approximate surface area is 186 Å². The molecule has 170 valence electrons. The van der Waals surface area contributed by atoms with Gasteiger partial charge in [0.25, 0.3) is 0 Å². The van der Waals surface area contributed by atoms with Crippen molar-refractivity contribution < 1.29 is 19.3 Å². The number of β-amino-alcohol motifs (C(OH)–C–C–N with tert-alkyl or cyclic N) is 1. The first-order valence-electron chi connectivity index (χ1n) is 10.9. The fraction of sp³-hybridized carbons (Fsp3) is 0.520. The van der Waals surface area contributed by atoms with Gasteiger partial charge in [-0.3, -0.25) is 9.80 Å². The Kier molecular flexibility index (Phi) is 8.18. The topological polar surface area (TPSA) is 54.4 Å². The molecule has 6 heteroatoms. The SMILES string of the molecule is COc1ccc(CN2CCN(CC(O)COc3c(C)ccc(C)c3C)CC2)cc1OC. The predicted octanol–water partition coefficient (Wildman–Crippen LogP) is 3.19. The highest BCUT2D eigenvalue weighted by Crippen LogP contribution is 2.28. The van der Waals surface area contributed by atoms with E-state index in [4.69, 9.17) is 14.2 Å². The van der Waals surface area contributed by atoms with Crippen LogP contribution in [0.2, 0.25) is 0 Å². The third kappa shape index (κ3) is 6.12. The molecular formula is C25H36N2O4. The lowest BCUT2D eigenvalue weighted by Gasteiger charge is -2.35. The minimum Gasteiger partial charge on any atom is -0.493 e. The number of hydrogen-bond acceptors (Lipinski definition) is 6. The molecule has 2 aromatic carbocycles. The fourth-order valence-corrected chi connectivity index (χ4v) is 4.05. The molecule has 6 nitrogen and oxygen atoms in total. The van der Waals surface area contributed by atoms with Crippen LogP contribution in [0.5, 0.6) is 17.2 Å². The molecule has 1 atom stereocenters. The monoisotopic (exact) mass is 428 g/mol. The maximum atomic E-state index is 10.5. The minimum absolute atomic E-state index is 0.316. The van der Waals surface area contributed by atoms with Crippen molar-refractivity contribution in [2.45, 2.75) is 33.4 Å². The lowest BCUT2D eigenvalue weighted by atomic mass is 10.1. The van der Waals surface area contributed by atoms with E-state index in [1.807, 2.05) is 19.1 Å². The molecule has 0 saturated carbocycles. The highest BCUT2D eigenvalue weighted by molar-refractivity contribution is 5.44. The third-order valence-corrected chi connectivity index (χ3v) is 6.08. The first kappa shape index (κ1) is 23.4. The maximum Gasteiger partial charge on any atom is 0.161 e. The van der Waals surface area contributed by atoms with Crippen molar-refractivity contribution in [2.24, 2.45) is 0 Å². The van der Waals surface area contributed by atoms with Gasteiger partial charge in [0.05, 0.1) is 14.2 Å². The second-order valence-corrected chi connectivity index (χ2v) is 8.38. The zero-order valence-corrected chi connectivity index (χ0v) is 19.5. The quantitative estimate of drug-likeness (QED) is 0.662. The number of benzene rings is 2. The lowest BCUT2D eigenvalue weighted by molar-refractivity contribution is 0.0443. The molecule has 0 aliphatic carbocycles. The Morgan fingerprint density at radius 1 is 0.871 bits per heavy atom. The second kappa shape index (κ2) is 10.8. The normalized spacial score (nSPS) is 16.2. The van der Waals surface area contributed by atoms with Crippen molar-refractivity contribution in [2.75, 3.05) is 53.6 Å². The lowest BCUT2D eigenvalue weighted by Crippen LogP contribution is -2.48. The maximum absolute atomic E-state index is 10.5. The van der Waals surface area contributed by atoms with Crippen LogP contribution in [0.3, 0.4) is 0 Å². The minimum atomic E-state index is -0.503. The van der Waals surface area contributed by atoms with Crippen LogP contribution in [0.15, 0.2) is 30.3 Å². The third-order valence-electron chi connectivity index (χ3n) is 6.08.